The Labute approximate surface area is 156 Å². The Morgan fingerprint density at radius 3 is 2.42 bits per heavy atom. The fourth-order valence-corrected chi connectivity index (χ4v) is 4.20. The van der Waals surface area contributed by atoms with E-state index in [0.29, 0.717) is 22.6 Å². The highest BCUT2D eigenvalue weighted by Gasteiger charge is 2.36. The van der Waals surface area contributed by atoms with Crippen molar-refractivity contribution in [2.24, 2.45) is 0 Å². The molecule has 6 nitrogen and oxygen atoms in total. The summed E-state index contributed by atoms with van der Waals surface area (Å²) in [5, 5.41) is 2.88. The summed E-state index contributed by atoms with van der Waals surface area (Å²) in [4.78, 5) is 12.3. The molecule has 0 saturated heterocycles. The first-order valence-corrected chi connectivity index (χ1v) is 9.50. The number of hydrogen-bond donors (Lipinski definition) is 1. The van der Waals surface area contributed by atoms with Crippen LogP contribution in [0.25, 0.3) is 0 Å². The van der Waals surface area contributed by atoms with Crippen molar-refractivity contribution < 1.29 is 17.6 Å². The lowest BCUT2D eigenvalue weighted by molar-refractivity contribution is -0.115. The van der Waals surface area contributed by atoms with Crippen LogP contribution in [0.1, 0.15) is 11.1 Å². The summed E-state index contributed by atoms with van der Waals surface area (Å²) in [5.41, 5.74) is 2.25. The lowest BCUT2D eigenvalue weighted by Crippen LogP contribution is -2.32. The lowest BCUT2D eigenvalue weighted by atomic mass is 10.1. The molecule has 0 atom stereocenters. The molecule has 0 aliphatic carbocycles. The normalized spacial score (nSPS) is 15.1. The molecule has 0 radical (unpaired) electrons. The number of nitrogens with one attached hydrogen (secondary N) is 1. The molecule has 1 aliphatic heterocycles. The van der Waals surface area contributed by atoms with E-state index in [1.807, 2.05) is 0 Å². The smallest absolute Gasteiger partial charge is 0.325 e. The second-order valence-electron chi connectivity index (χ2n) is 6.02. The van der Waals surface area contributed by atoms with E-state index >= 15 is 0 Å². The molecule has 0 bridgehead atoms. The van der Waals surface area contributed by atoms with E-state index in [4.69, 9.17) is 11.6 Å². The van der Waals surface area contributed by atoms with Gasteiger partial charge in [0.1, 0.15) is 5.82 Å². The van der Waals surface area contributed by atoms with Crippen LogP contribution < -0.4 is 13.9 Å². The molecule has 26 heavy (non-hydrogen) atoms. The minimum Gasteiger partial charge on any atom is -0.325 e. The van der Waals surface area contributed by atoms with E-state index in [1.54, 1.807) is 19.1 Å². The SMILES string of the molecule is Cc1cc2c(cc1NC(=O)Cc1c(F)cccc1Cl)N(C)S(=O)(=O)N2C. The predicted octanol–water partition coefficient (Wildman–Crippen LogP) is 3.10. The number of carbonyl (C=O) groups is 1. The number of benzene rings is 2. The lowest BCUT2D eigenvalue weighted by Gasteiger charge is -2.13. The maximum Gasteiger partial charge on any atom is 0.326 e. The Kier molecular flexibility index (Phi) is 4.58. The van der Waals surface area contributed by atoms with Gasteiger partial charge < -0.3 is 5.32 Å². The zero-order valence-corrected chi connectivity index (χ0v) is 15.9. The highest BCUT2D eigenvalue weighted by molar-refractivity contribution is 7.94. The van der Waals surface area contributed by atoms with Crippen molar-refractivity contribution in [2.75, 3.05) is 28.0 Å². The van der Waals surface area contributed by atoms with Crippen molar-refractivity contribution in [3.63, 3.8) is 0 Å². The van der Waals surface area contributed by atoms with Gasteiger partial charge >= 0.3 is 10.2 Å². The molecule has 1 heterocycles. The van der Waals surface area contributed by atoms with Crippen LogP contribution in [0, 0.1) is 12.7 Å². The van der Waals surface area contributed by atoms with Gasteiger partial charge in [0.25, 0.3) is 0 Å². The van der Waals surface area contributed by atoms with Gasteiger partial charge in [-0.15, -0.1) is 0 Å². The van der Waals surface area contributed by atoms with Crippen LogP contribution in [0.4, 0.5) is 21.5 Å². The maximum atomic E-state index is 13.8. The first-order chi connectivity index (χ1) is 12.1. The fourth-order valence-electron chi connectivity index (χ4n) is 2.81. The van der Waals surface area contributed by atoms with Crippen molar-refractivity contribution in [3.8, 4) is 0 Å². The number of nitrogens with zero attached hydrogens (tertiary/aromatic N) is 2. The molecule has 3 rings (SSSR count). The van der Waals surface area contributed by atoms with Crippen LogP contribution in [0.15, 0.2) is 30.3 Å². The van der Waals surface area contributed by atoms with E-state index in [1.165, 1.54) is 36.6 Å². The van der Waals surface area contributed by atoms with Gasteiger partial charge in [-0.05, 0) is 36.8 Å². The summed E-state index contributed by atoms with van der Waals surface area (Å²) in [5.74, 6) is -0.998. The maximum absolute atomic E-state index is 13.8. The van der Waals surface area contributed by atoms with Gasteiger partial charge in [0, 0.05) is 30.4 Å². The summed E-state index contributed by atoms with van der Waals surface area (Å²) in [6.45, 7) is 1.75. The number of amides is 1. The number of aryl methyl sites for hydroxylation is 1. The molecule has 0 saturated carbocycles. The number of rotatable bonds is 3. The van der Waals surface area contributed by atoms with Crippen molar-refractivity contribution in [3.05, 3.63) is 52.3 Å². The Morgan fingerprint density at radius 2 is 1.81 bits per heavy atom. The van der Waals surface area contributed by atoms with Crippen LogP contribution in [-0.4, -0.2) is 28.4 Å². The van der Waals surface area contributed by atoms with Crippen molar-refractivity contribution in [2.45, 2.75) is 13.3 Å². The minimum absolute atomic E-state index is 0.116. The van der Waals surface area contributed by atoms with Crippen molar-refractivity contribution in [1.29, 1.82) is 0 Å². The molecule has 2 aromatic rings. The van der Waals surface area contributed by atoms with Gasteiger partial charge in [-0.1, -0.05) is 17.7 Å². The van der Waals surface area contributed by atoms with E-state index in [0.717, 1.165) is 4.31 Å². The molecule has 1 N–H and O–H groups in total. The average Bonchev–Trinajstić information content (AvgIpc) is 2.73. The van der Waals surface area contributed by atoms with Crippen LogP contribution in [0.5, 0.6) is 0 Å². The molecular weight excluding hydrogens is 381 g/mol. The van der Waals surface area contributed by atoms with Crippen molar-refractivity contribution in [1.82, 2.24) is 0 Å². The highest BCUT2D eigenvalue weighted by atomic mass is 35.5. The molecule has 0 unspecified atom stereocenters. The highest BCUT2D eigenvalue weighted by Crippen LogP contribution is 2.42. The summed E-state index contributed by atoms with van der Waals surface area (Å²) in [7, 11) is -0.688. The van der Waals surface area contributed by atoms with Crippen LogP contribution in [0.3, 0.4) is 0 Å². The molecule has 138 valence electrons. The van der Waals surface area contributed by atoms with Gasteiger partial charge in [-0.2, -0.15) is 8.42 Å². The average molecular weight is 398 g/mol. The third kappa shape index (κ3) is 2.99. The number of carbonyl (C=O) groups excluding carboxylic acids is 1. The summed E-state index contributed by atoms with van der Waals surface area (Å²) < 4.78 is 40.6. The van der Waals surface area contributed by atoms with Crippen LogP contribution >= 0.6 is 11.6 Å². The third-order valence-corrected chi connectivity index (χ3v) is 6.50. The Hall–Kier alpha value is -2.32. The first-order valence-electron chi connectivity index (χ1n) is 7.73. The number of halogens is 2. The molecule has 9 heteroatoms. The predicted molar refractivity (Wildman–Crippen MR) is 101 cm³/mol. The molecule has 0 aromatic heterocycles. The zero-order chi connectivity index (χ0) is 19.2. The van der Waals surface area contributed by atoms with Crippen LogP contribution in [0.2, 0.25) is 5.02 Å². The number of hydrogen-bond acceptors (Lipinski definition) is 3. The summed E-state index contributed by atoms with van der Waals surface area (Å²) in [6, 6.07) is 7.50. The third-order valence-electron chi connectivity index (χ3n) is 4.37. The Balaban J connectivity index is 1.88. The van der Waals surface area contributed by atoms with Gasteiger partial charge in [-0.3, -0.25) is 13.4 Å². The van der Waals surface area contributed by atoms with Gasteiger partial charge in [-0.25, -0.2) is 4.39 Å². The minimum atomic E-state index is -3.60. The largest absolute Gasteiger partial charge is 0.326 e. The molecule has 2 aromatic carbocycles. The van der Waals surface area contributed by atoms with Gasteiger partial charge in [0.15, 0.2) is 0 Å². The monoisotopic (exact) mass is 397 g/mol. The topological polar surface area (TPSA) is 69.7 Å². The molecule has 1 aliphatic rings. The second-order valence-corrected chi connectivity index (χ2v) is 8.42. The van der Waals surface area contributed by atoms with E-state index < -0.39 is 21.9 Å². The molecule has 0 fully saturated rings. The van der Waals surface area contributed by atoms with E-state index in [2.05, 4.69) is 5.32 Å². The first kappa shape index (κ1) is 18.5. The van der Waals surface area contributed by atoms with Gasteiger partial charge in [0.2, 0.25) is 5.91 Å². The van der Waals surface area contributed by atoms with E-state index in [9.17, 15) is 17.6 Å². The standard InChI is InChI=1S/C17H17ClFN3O3S/c1-10-7-15-16(22(3)26(24,25)21(15)2)9-14(10)20-17(23)8-11-12(18)5-4-6-13(11)19/h4-7,9H,8H2,1-3H3,(H,20,23). The second kappa shape index (κ2) is 6.44. The van der Waals surface area contributed by atoms with Crippen LogP contribution in [-0.2, 0) is 21.4 Å². The van der Waals surface area contributed by atoms with Crippen molar-refractivity contribution >= 4 is 44.8 Å². The van der Waals surface area contributed by atoms with Gasteiger partial charge in [0.05, 0.1) is 17.8 Å². The quantitative estimate of drug-likeness (QED) is 0.865. The Bertz CT molecular complexity index is 990. The number of anilines is 3. The fraction of sp³-hybridized carbons (Fsp3) is 0.235. The molecule has 1 amide bonds. The molecule has 0 spiro atoms. The summed E-state index contributed by atoms with van der Waals surface area (Å²) >= 11 is 5.95. The summed E-state index contributed by atoms with van der Waals surface area (Å²) in [6.07, 6.45) is -0.226. The zero-order valence-electron chi connectivity index (χ0n) is 14.4. The molecular formula is C17H17ClFN3O3S. The number of fused-ring (bicyclic) bond motifs is 1. The Morgan fingerprint density at radius 1 is 1.19 bits per heavy atom. The van der Waals surface area contributed by atoms with E-state index in [-0.39, 0.29) is 17.0 Å².